The summed E-state index contributed by atoms with van der Waals surface area (Å²) in [6.07, 6.45) is 2.75. The normalized spacial score (nSPS) is 19.2. The number of aromatic nitrogens is 2. The standard InChI is InChI=1S/C10H17ClN4O2S/c1-13-2-4-14(5-3-13)6-7-15-9-10(8-12-15)18(11,16)17/h8-9H,2-7H2,1H3. The third kappa shape index (κ3) is 3.68. The van der Waals surface area contributed by atoms with Crippen molar-refractivity contribution in [2.75, 3.05) is 39.8 Å². The van der Waals surface area contributed by atoms with E-state index in [1.807, 2.05) is 0 Å². The fourth-order valence-electron chi connectivity index (χ4n) is 1.91. The Labute approximate surface area is 112 Å². The molecule has 102 valence electrons. The van der Waals surface area contributed by atoms with Crippen LogP contribution >= 0.6 is 10.7 Å². The molecule has 2 heterocycles. The zero-order valence-electron chi connectivity index (χ0n) is 10.3. The maximum absolute atomic E-state index is 11.1. The average Bonchev–Trinajstić information content (AvgIpc) is 2.77. The number of rotatable bonds is 4. The molecule has 0 unspecified atom stereocenters. The van der Waals surface area contributed by atoms with Crippen molar-refractivity contribution in [3.05, 3.63) is 12.4 Å². The lowest BCUT2D eigenvalue weighted by molar-refractivity contribution is 0.149. The number of likely N-dealkylation sites (N-methyl/N-ethyl adjacent to an activating group) is 1. The second kappa shape index (κ2) is 5.56. The van der Waals surface area contributed by atoms with Crippen LogP contribution in [0.4, 0.5) is 0 Å². The van der Waals surface area contributed by atoms with Gasteiger partial charge in [0.2, 0.25) is 0 Å². The largest absolute Gasteiger partial charge is 0.304 e. The second-order valence-electron chi connectivity index (χ2n) is 4.52. The molecule has 0 N–H and O–H groups in total. The Morgan fingerprint density at radius 2 is 1.94 bits per heavy atom. The van der Waals surface area contributed by atoms with Crippen molar-refractivity contribution in [1.82, 2.24) is 19.6 Å². The Hall–Kier alpha value is -0.630. The van der Waals surface area contributed by atoms with E-state index in [0.29, 0.717) is 6.54 Å². The van der Waals surface area contributed by atoms with Gasteiger partial charge in [0.15, 0.2) is 0 Å². The first-order chi connectivity index (χ1) is 8.45. The van der Waals surface area contributed by atoms with E-state index in [9.17, 15) is 8.42 Å². The van der Waals surface area contributed by atoms with Crippen molar-refractivity contribution < 1.29 is 8.42 Å². The maximum atomic E-state index is 11.1. The summed E-state index contributed by atoms with van der Waals surface area (Å²) in [5.74, 6) is 0. The molecule has 0 saturated carbocycles. The first-order valence-corrected chi connectivity index (χ1v) is 8.14. The molecule has 0 amide bonds. The summed E-state index contributed by atoms with van der Waals surface area (Å²) in [5.41, 5.74) is 0. The summed E-state index contributed by atoms with van der Waals surface area (Å²) in [6.45, 7) is 5.77. The van der Waals surface area contributed by atoms with Crippen LogP contribution in [0.5, 0.6) is 0 Å². The van der Waals surface area contributed by atoms with Crippen LogP contribution in [0.3, 0.4) is 0 Å². The minimum atomic E-state index is -3.66. The molecular formula is C10H17ClN4O2S. The monoisotopic (exact) mass is 292 g/mol. The summed E-state index contributed by atoms with van der Waals surface area (Å²) >= 11 is 0. The molecule has 0 bridgehead atoms. The van der Waals surface area contributed by atoms with Crippen LogP contribution in [0.15, 0.2) is 17.3 Å². The second-order valence-corrected chi connectivity index (χ2v) is 7.09. The lowest BCUT2D eigenvalue weighted by Gasteiger charge is -2.32. The van der Waals surface area contributed by atoms with E-state index >= 15 is 0 Å². The maximum Gasteiger partial charge on any atom is 0.264 e. The van der Waals surface area contributed by atoms with Gasteiger partial charge in [-0.05, 0) is 7.05 Å². The van der Waals surface area contributed by atoms with Gasteiger partial charge in [-0.2, -0.15) is 5.10 Å². The predicted octanol–water partition coefficient (Wildman–Crippen LogP) is 0.0580. The Balaban J connectivity index is 1.85. The molecule has 6 nitrogen and oxygen atoms in total. The Bertz CT molecular complexity index is 494. The van der Waals surface area contributed by atoms with Gasteiger partial charge >= 0.3 is 0 Å². The molecule has 0 atom stereocenters. The highest BCUT2D eigenvalue weighted by Crippen LogP contribution is 2.12. The lowest BCUT2D eigenvalue weighted by atomic mass is 10.3. The highest BCUT2D eigenvalue weighted by molar-refractivity contribution is 8.13. The summed E-state index contributed by atoms with van der Waals surface area (Å²) in [6, 6.07) is 0. The zero-order chi connectivity index (χ0) is 13.2. The van der Waals surface area contributed by atoms with Gasteiger partial charge in [0, 0.05) is 49.6 Å². The van der Waals surface area contributed by atoms with Gasteiger partial charge in [0.25, 0.3) is 9.05 Å². The number of hydrogen-bond acceptors (Lipinski definition) is 5. The summed E-state index contributed by atoms with van der Waals surface area (Å²) < 4.78 is 23.8. The molecule has 2 rings (SSSR count). The van der Waals surface area contributed by atoms with Crippen LogP contribution in [-0.4, -0.2) is 67.8 Å². The molecule has 1 aromatic heterocycles. The van der Waals surface area contributed by atoms with Crippen LogP contribution < -0.4 is 0 Å². The zero-order valence-corrected chi connectivity index (χ0v) is 11.9. The van der Waals surface area contributed by atoms with Crippen molar-refractivity contribution in [3.63, 3.8) is 0 Å². The molecule has 1 fully saturated rings. The van der Waals surface area contributed by atoms with Gasteiger partial charge in [0.05, 0.1) is 12.7 Å². The molecule has 0 radical (unpaired) electrons. The minimum Gasteiger partial charge on any atom is -0.304 e. The van der Waals surface area contributed by atoms with E-state index in [1.54, 1.807) is 4.68 Å². The fourth-order valence-corrected chi connectivity index (χ4v) is 2.57. The number of hydrogen-bond donors (Lipinski definition) is 0. The quantitative estimate of drug-likeness (QED) is 0.735. The summed E-state index contributed by atoms with van der Waals surface area (Å²) in [4.78, 5) is 4.70. The van der Waals surface area contributed by atoms with Gasteiger partial charge in [-0.1, -0.05) is 0 Å². The molecule has 0 spiro atoms. The Morgan fingerprint density at radius 1 is 1.28 bits per heavy atom. The molecule has 0 aliphatic carbocycles. The van der Waals surface area contributed by atoms with Crippen molar-refractivity contribution >= 4 is 19.7 Å². The minimum absolute atomic E-state index is 0.0579. The molecular weight excluding hydrogens is 276 g/mol. The number of halogens is 1. The van der Waals surface area contributed by atoms with E-state index in [4.69, 9.17) is 10.7 Å². The van der Waals surface area contributed by atoms with Crippen molar-refractivity contribution in [3.8, 4) is 0 Å². The smallest absolute Gasteiger partial charge is 0.264 e. The van der Waals surface area contributed by atoms with Crippen LogP contribution in [-0.2, 0) is 15.6 Å². The van der Waals surface area contributed by atoms with Gasteiger partial charge in [-0.25, -0.2) is 8.42 Å². The summed E-state index contributed by atoms with van der Waals surface area (Å²) in [7, 11) is 3.69. The van der Waals surface area contributed by atoms with Gasteiger partial charge in [-0.3, -0.25) is 9.58 Å². The highest BCUT2D eigenvalue weighted by atomic mass is 35.7. The first kappa shape index (κ1) is 13.8. The Morgan fingerprint density at radius 3 is 2.50 bits per heavy atom. The van der Waals surface area contributed by atoms with E-state index < -0.39 is 9.05 Å². The topological polar surface area (TPSA) is 58.4 Å². The van der Waals surface area contributed by atoms with E-state index in [1.165, 1.54) is 12.4 Å². The van der Waals surface area contributed by atoms with E-state index in [-0.39, 0.29) is 4.90 Å². The highest BCUT2D eigenvalue weighted by Gasteiger charge is 2.15. The molecule has 18 heavy (non-hydrogen) atoms. The molecule has 1 saturated heterocycles. The predicted molar refractivity (Wildman–Crippen MR) is 69.2 cm³/mol. The van der Waals surface area contributed by atoms with Crippen LogP contribution in [0.1, 0.15) is 0 Å². The Kier molecular flexibility index (Phi) is 4.26. The average molecular weight is 293 g/mol. The lowest BCUT2D eigenvalue weighted by Crippen LogP contribution is -2.45. The molecule has 1 aliphatic rings. The molecule has 1 aliphatic heterocycles. The van der Waals surface area contributed by atoms with Gasteiger partial charge < -0.3 is 4.90 Å². The molecule has 1 aromatic rings. The molecule has 8 heteroatoms. The van der Waals surface area contributed by atoms with Crippen molar-refractivity contribution in [2.45, 2.75) is 11.4 Å². The van der Waals surface area contributed by atoms with Gasteiger partial charge in [-0.15, -0.1) is 0 Å². The summed E-state index contributed by atoms with van der Waals surface area (Å²) in [5, 5.41) is 4.00. The SMILES string of the molecule is CN1CCN(CCn2cc(S(=O)(=O)Cl)cn2)CC1. The third-order valence-electron chi connectivity index (χ3n) is 3.13. The molecule has 0 aromatic carbocycles. The fraction of sp³-hybridized carbons (Fsp3) is 0.700. The van der Waals surface area contributed by atoms with Crippen molar-refractivity contribution in [2.24, 2.45) is 0 Å². The van der Waals surface area contributed by atoms with Crippen LogP contribution in [0.2, 0.25) is 0 Å². The number of piperazine rings is 1. The van der Waals surface area contributed by atoms with E-state index in [0.717, 1.165) is 32.7 Å². The number of nitrogens with zero attached hydrogens (tertiary/aromatic N) is 4. The third-order valence-corrected chi connectivity index (χ3v) is 4.44. The van der Waals surface area contributed by atoms with Crippen LogP contribution in [0.25, 0.3) is 0 Å². The van der Waals surface area contributed by atoms with Gasteiger partial charge in [0.1, 0.15) is 4.90 Å². The van der Waals surface area contributed by atoms with E-state index in [2.05, 4.69) is 21.9 Å². The van der Waals surface area contributed by atoms with Crippen LogP contribution in [0, 0.1) is 0 Å². The van der Waals surface area contributed by atoms with Crippen molar-refractivity contribution in [1.29, 1.82) is 0 Å². The first-order valence-electron chi connectivity index (χ1n) is 5.83.